The molecule has 0 saturated heterocycles. The van der Waals surface area contributed by atoms with E-state index in [9.17, 15) is 4.79 Å². The Morgan fingerprint density at radius 3 is 1.83 bits per heavy atom. The fourth-order valence-electron chi connectivity index (χ4n) is 1.65. The van der Waals surface area contributed by atoms with E-state index in [1.54, 1.807) is 24.2 Å². The van der Waals surface area contributed by atoms with Crippen LogP contribution in [0.2, 0.25) is 0 Å². The van der Waals surface area contributed by atoms with Crippen LogP contribution in [0.15, 0.2) is 48.8 Å². The standard InChI is InChI=1S/C14H15N3O/c1-12(18)17(10-13-6-2-4-8-15-13)11-14-7-3-5-9-16-14/h2-9H,10-11H2,1H3. The molecule has 0 aliphatic rings. The van der Waals surface area contributed by atoms with Gasteiger partial charge in [0.1, 0.15) is 0 Å². The van der Waals surface area contributed by atoms with Gasteiger partial charge in [0.2, 0.25) is 5.91 Å². The van der Waals surface area contributed by atoms with Crippen molar-refractivity contribution in [3.63, 3.8) is 0 Å². The number of aromatic nitrogens is 2. The van der Waals surface area contributed by atoms with Crippen molar-refractivity contribution in [3.8, 4) is 0 Å². The number of pyridine rings is 2. The third kappa shape index (κ3) is 3.38. The average molecular weight is 241 g/mol. The normalized spacial score (nSPS) is 10.1. The molecule has 2 heterocycles. The zero-order valence-corrected chi connectivity index (χ0v) is 10.3. The molecule has 0 spiro atoms. The number of carbonyl (C=O) groups excluding carboxylic acids is 1. The lowest BCUT2D eigenvalue weighted by Gasteiger charge is -2.20. The van der Waals surface area contributed by atoms with Crippen molar-refractivity contribution < 1.29 is 4.79 Å². The molecule has 2 rings (SSSR count). The van der Waals surface area contributed by atoms with Gasteiger partial charge in [0, 0.05) is 19.3 Å². The van der Waals surface area contributed by atoms with Crippen LogP contribution in [0.4, 0.5) is 0 Å². The van der Waals surface area contributed by atoms with Gasteiger partial charge in [-0.3, -0.25) is 14.8 Å². The van der Waals surface area contributed by atoms with E-state index in [1.807, 2.05) is 36.4 Å². The van der Waals surface area contributed by atoms with Crippen LogP contribution in [0.3, 0.4) is 0 Å². The van der Waals surface area contributed by atoms with Crippen molar-refractivity contribution in [2.75, 3.05) is 0 Å². The maximum absolute atomic E-state index is 11.6. The van der Waals surface area contributed by atoms with Crippen molar-refractivity contribution in [2.24, 2.45) is 0 Å². The summed E-state index contributed by atoms with van der Waals surface area (Å²) in [6.07, 6.45) is 3.46. The highest BCUT2D eigenvalue weighted by Gasteiger charge is 2.11. The van der Waals surface area contributed by atoms with E-state index in [0.717, 1.165) is 11.4 Å². The zero-order chi connectivity index (χ0) is 12.8. The Morgan fingerprint density at radius 1 is 1.00 bits per heavy atom. The molecule has 92 valence electrons. The lowest BCUT2D eigenvalue weighted by atomic mass is 10.3. The lowest BCUT2D eigenvalue weighted by Crippen LogP contribution is -2.28. The largest absolute Gasteiger partial charge is 0.331 e. The number of hydrogen-bond acceptors (Lipinski definition) is 3. The van der Waals surface area contributed by atoms with Gasteiger partial charge < -0.3 is 4.90 Å². The van der Waals surface area contributed by atoms with Crippen LogP contribution in [0.1, 0.15) is 18.3 Å². The van der Waals surface area contributed by atoms with Gasteiger partial charge in [0.25, 0.3) is 0 Å². The molecule has 0 aromatic carbocycles. The molecule has 0 aliphatic carbocycles. The second-order valence-electron chi connectivity index (χ2n) is 4.02. The molecule has 0 unspecified atom stereocenters. The Hall–Kier alpha value is -2.23. The summed E-state index contributed by atoms with van der Waals surface area (Å²) in [5, 5.41) is 0. The van der Waals surface area contributed by atoms with Gasteiger partial charge in [-0.05, 0) is 24.3 Å². The maximum Gasteiger partial charge on any atom is 0.220 e. The highest BCUT2D eigenvalue weighted by Crippen LogP contribution is 2.06. The number of nitrogens with zero attached hydrogens (tertiary/aromatic N) is 3. The number of carbonyl (C=O) groups is 1. The third-order valence-corrected chi connectivity index (χ3v) is 2.60. The predicted molar refractivity (Wildman–Crippen MR) is 68.4 cm³/mol. The minimum atomic E-state index is 0.0197. The van der Waals surface area contributed by atoms with E-state index in [0.29, 0.717) is 13.1 Å². The van der Waals surface area contributed by atoms with E-state index in [4.69, 9.17) is 0 Å². The Bertz CT molecular complexity index is 457. The van der Waals surface area contributed by atoms with Crippen LogP contribution in [0.25, 0.3) is 0 Å². The molecule has 0 bridgehead atoms. The molecule has 2 aromatic rings. The van der Waals surface area contributed by atoms with Gasteiger partial charge in [0.15, 0.2) is 0 Å². The molecule has 18 heavy (non-hydrogen) atoms. The first-order chi connectivity index (χ1) is 8.75. The van der Waals surface area contributed by atoms with Gasteiger partial charge in [-0.25, -0.2) is 0 Å². The SMILES string of the molecule is CC(=O)N(Cc1ccccn1)Cc1ccccn1. The second kappa shape index (κ2) is 5.91. The molecule has 4 nitrogen and oxygen atoms in total. The van der Waals surface area contributed by atoms with Gasteiger partial charge in [-0.1, -0.05) is 12.1 Å². The average Bonchev–Trinajstić information content (AvgIpc) is 2.40. The van der Waals surface area contributed by atoms with Crippen LogP contribution in [-0.4, -0.2) is 20.8 Å². The fraction of sp³-hybridized carbons (Fsp3) is 0.214. The first-order valence-corrected chi connectivity index (χ1v) is 5.81. The van der Waals surface area contributed by atoms with Crippen molar-refractivity contribution in [2.45, 2.75) is 20.0 Å². The van der Waals surface area contributed by atoms with Crippen LogP contribution >= 0.6 is 0 Å². The smallest absolute Gasteiger partial charge is 0.220 e. The van der Waals surface area contributed by atoms with Crippen molar-refractivity contribution in [1.82, 2.24) is 14.9 Å². The summed E-state index contributed by atoms with van der Waals surface area (Å²) in [6, 6.07) is 11.4. The summed E-state index contributed by atoms with van der Waals surface area (Å²) in [7, 11) is 0. The van der Waals surface area contributed by atoms with Gasteiger partial charge in [-0.2, -0.15) is 0 Å². The first kappa shape index (κ1) is 12.2. The summed E-state index contributed by atoms with van der Waals surface area (Å²) in [5.41, 5.74) is 1.76. The first-order valence-electron chi connectivity index (χ1n) is 5.81. The van der Waals surface area contributed by atoms with Gasteiger partial charge in [-0.15, -0.1) is 0 Å². The summed E-state index contributed by atoms with van der Waals surface area (Å²) in [6.45, 7) is 2.57. The third-order valence-electron chi connectivity index (χ3n) is 2.60. The molecule has 0 saturated carbocycles. The molecule has 2 aromatic heterocycles. The molecule has 1 amide bonds. The minimum Gasteiger partial charge on any atom is -0.331 e. The molecule has 0 radical (unpaired) electrons. The quantitative estimate of drug-likeness (QED) is 0.822. The van der Waals surface area contributed by atoms with E-state index >= 15 is 0 Å². The van der Waals surface area contributed by atoms with Crippen molar-refractivity contribution in [1.29, 1.82) is 0 Å². The number of amides is 1. The van der Waals surface area contributed by atoms with Crippen LogP contribution in [0, 0.1) is 0 Å². The topological polar surface area (TPSA) is 46.1 Å². The fourth-order valence-corrected chi connectivity index (χ4v) is 1.65. The Balaban J connectivity index is 2.08. The molecule has 4 heteroatoms. The van der Waals surface area contributed by atoms with Crippen molar-refractivity contribution >= 4 is 5.91 Å². The van der Waals surface area contributed by atoms with Gasteiger partial charge >= 0.3 is 0 Å². The van der Waals surface area contributed by atoms with E-state index in [1.165, 1.54) is 0 Å². The highest BCUT2D eigenvalue weighted by molar-refractivity contribution is 5.73. The predicted octanol–water partition coefficient (Wildman–Crippen LogP) is 2.03. The molecule has 0 atom stereocenters. The maximum atomic E-state index is 11.6. The molecule has 0 N–H and O–H groups in total. The minimum absolute atomic E-state index is 0.0197. The van der Waals surface area contributed by atoms with Crippen LogP contribution < -0.4 is 0 Å². The monoisotopic (exact) mass is 241 g/mol. The van der Waals surface area contributed by atoms with E-state index in [-0.39, 0.29) is 5.91 Å². The molecule has 0 aliphatic heterocycles. The summed E-state index contributed by atoms with van der Waals surface area (Å²) >= 11 is 0. The summed E-state index contributed by atoms with van der Waals surface area (Å²) in [4.78, 5) is 21.8. The Kier molecular flexibility index (Phi) is 4.02. The number of hydrogen-bond donors (Lipinski definition) is 0. The van der Waals surface area contributed by atoms with Crippen molar-refractivity contribution in [3.05, 3.63) is 60.2 Å². The summed E-state index contributed by atoms with van der Waals surface area (Å²) in [5.74, 6) is 0.0197. The van der Waals surface area contributed by atoms with Gasteiger partial charge in [0.05, 0.1) is 24.5 Å². The van der Waals surface area contributed by atoms with Crippen LogP contribution in [0.5, 0.6) is 0 Å². The van der Waals surface area contributed by atoms with E-state index < -0.39 is 0 Å². The Morgan fingerprint density at radius 2 is 1.50 bits per heavy atom. The molecular formula is C14H15N3O. The summed E-state index contributed by atoms with van der Waals surface area (Å²) < 4.78 is 0. The van der Waals surface area contributed by atoms with E-state index in [2.05, 4.69) is 9.97 Å². The number of rotatable bonds is 4. The molecule has 0 fully saturated rings. The molecular weight excluding hydrogens is 226 g/mol. The van der Waals surface area contributed by atoms with Crippen LogP contribution in [-0.2, 0) is 17.9 Å². The zero-order valence-electron chi connectivity index (χ0n) is 10.3. The lowest BCUT2D eigenvalue weighted by molar-refractivity contribution is -0.130. The second-order valence-corrected chi connectivity index (χ2v) is 4.02. The highest BCUT2D eigenvalue weighted by atomic mass is 16.2. The Labute approximate surface area is 106 Å².